The van der Waals surface area contributed by atoms with Crippen LogP contribution < -0.4 is 0 Å². The van der Waals surface area contributed by atoms with Gasteiger partial charge in [0.15, 0.2) is 5.78 Å². The maximum absolute atomic E-state index is 12.5. The maximum Gasteiger partial charge on any atom is 0.178 e. The lowest BCUT2D eigenvalue weighted by Gasteiger charge is -2.54. The molecule has 0 spiro atoms. The molecule has 2 nitrogen and oxygen atoms in total. The number of hydrogen-bond acceptors (Lipinski definition) is 2. The van der Waals surface area contributed by atoms with Crippen LogP contribution in [0.1, 0.15) is 59.3 Å². The lowest BCUT2D eigenvalue weighted by Crippen LogP contribution is -2.49. The first-order chi connectivity index (χ1) is 11.4. The number of fused-ring (bicyclic) bond motifs is 5. The fourth-order valence-corrected chi connectivity index (χ4v) is 6.16. The molecule has 5 atom stereocenters. The van der Waals surface area contributed by atoms with Gasteiger partial charge in [-0.25, -0.2) is 0 Å². The van der Waals surface area contributed by atoms with E-state index in [1.165, 1.54) is 11.1 Å². The zero-order chi connectivity index (χ0) is 17.1. The molecular weight excluding hydrogens is 296 g/mol. The van der Waals surface area contributed by atoms with E-state index in [0.29, 0.717) is 23.5 Å². The first-order valence-corrected chi connectivity index (χ1v) is 9.60. The predicted molar refractivity (Wildman–Crippen MR) is 95.4 cm³/mol. The van der Waals surface area contributed by atoms with Gasteiger partial charge < -0.3 is 0 Å². The van der Waals surface area contributed by atoms with Crippen molar-refractivity contribution >= 4 is 11.6 Å². The minimum Gasteiger partial charge on any atom is -0.299 e. The topological polar surface area (TPSA) is 34.1 Å². The summed E-state index contributed by atoms with van der Waals surface area (Å²) in [5.41, 5.74) is 2.47. The maximum atomic E-state index is 12.5. The summed E-state index contributed by atoms with van der Waals surface area (Å²) >= 11 is 0. The highest BCUT2D eigenvalue weighted by Gasteiger charge is 2.58. The molecular formula is C22H28O2. The van der Waals surface area contributed by atoms with Gasteiger partial charge in [-0.1, -0.05) is 39.3 Å². The van der Waals surface area contributed by atoms with Gasteiger partial charge in [-0.2, -0.15) is 0 Å². The van der Waals surface area contributed by atoms with E-state index < -0.39 is 0 Å². The third-order valence-corrected chi connectivity index (χ3v) is 7.53. The predicted octanol–water partition coefficient (Wildman–Crippen LogP) is 4.81. The molecule has 0 heterocycles. The molecule has 0 aromatic carbocycles. The Balaban J connectivity index is 1.83. The Morgan fingerprint density at radius 2 is 1.96 bits per heavy atom. The van der Waals surface area contributed by atoms with Gasteiger partial charge in [0, 0.05) is 17.3 Å². The number of Topliss-reactive ketones (excluding diaryl/α,β-unsaturated/α-hetero) is 1. The standard InChI is InChI=1S/C22H28O2/c1-4-5-14-12-16-17-6-7-20(24)22(17,3)11-9-18(16)21(2)10-8-15(23)13-19(14)21/h8,10,12-13,16-18H,4-7,9,11H2,1-3H3/t16-,17-,18-,21+,22-/m0/s1. The molecule has 4 rings (SSSR count). The molecule has 0 radical (unpaired) electrons. The Morgan fingerprint density at radius 3 is 2.71 bits per heavy atom. The van der Waals surface area contributed by atoms with Gasteiger partial charge >= 0.3 is 0 Å². The fourth-order valence-electron chi connectivity index (χ4n) is 6.16. The minimum absolute atomic E-state index is 0.0369. The van der Waals surface area contributed by atoms with Gasteiger partial charge in [-0.3, -0.25) is 9.59 Å². The van der Waals surface area contributed by atoms with Crippen molar-refractivity contribution in [3.05, 3.63) is 35.5 Å². The first kappa shape index (κ1) is 16.1. The summed E-state index contributed by atoms with van der Waals surface area (Å²) in [6.45, 7) is 6.74. The summed E-state index contributed by atoms with van der Waals surface area (Å²) in [7, 11) is 0. The normalized spacial score (nSPS) is 43.7. The fraction of sp³-hybridized carbons (Fsp3) is 0.636. The molecule has 0 saturated heterocycles. The second-order valence-corrected chi connectivity index (χ2v) is 8.73. The molecule has 4 aliphatic rings. The van der Waals surface area contributed by atoms with E-state index >= 15 is 0 Å². The number of carbonyl (C=O) groups is 2. The van der Waals surface area contributed by atoms with Crippen LogP contribution in [0, 0.1) is 28.6 Å². The molecule has 2 heteroatoms. The Bertz CT molecular complexity index is 695. The molecule has 0 N–H and O–H groups in total. The van der Waals surface area contributed by atoms with E-state index in [0.717, 1.165) is 38.5 Å². The first-order valence-electron chi connectivity index (χ1n) is 9.60. The molecule has 0 aromatic heterocycles. The summed E-state index contributed by atoms with van der Waals surface area (Å²) in [5, 5.41) is 0. The average Bonchev–Trinajstić information content (AvgIpc) is 2.85. The number of rotatable bonds is 2. The molecule has 0 amide bonds. The van der Waals surface area contributed by atoms with E-state index in [2.05, 4.69) is 32.9 Å². The third kappa shape index (κ3) is 2.01. The number of hydrogen-bond donors (Lipinski definition) is 0. The van der Waals surface area contributed by atoms with E-state index in [4.69, 9.17) is 0 Å². The monoisotopic (exact) mass is 324 g/mol. The van der Waals surface area contributed by atoms with Crippen molar-refractivity contribution in [3.8, 4) is 0 Å². The Morgan fingerprint density at radius 1 is 1.17 bits per heavy atom. The summed E-state index contributed by atoms with van der Waals surface area (Å²) in [4.78, 5) is 24.5. The van der Waals surface area contributed by atoms with Gasteiger partial charge in [-0.15, -0.1) is 0 Å². The SMILES string of the molecule is CCCC1=C[C@@H]2[C@H](CC[C@]3(C)C(=O)CC[C@@H]23)[C@@]2(C)C=CC(=O)C=C12. The van der Waals surface area contributed by atoms with Crippen LogP contribution in [0.15, 0.2) is 35.5 Å². The van der Waals surface area contributed by atoms with Gasteiger partial charge in [0.2, 0.25) is 0 Å². The summed E-state index contributed by atoms with van der Waals surface area (Å²) < 4.78 is 0. The molecule has 24 heavy (non-hydrogen) atoms. The summed E-state index contributed by atoms with van der Waals surface area (Å²) in [5.74, 6) is 2.10. The molecule has 0 aromatic rings. The third-order valence-electron chi connectivity index (χ3n) is 7.53. The van der Waals surface area contributed by atoms with Crippen molar-refractivity contribution in [1.82, 2.24) is 0 Å². The summed E-state index contributed by atoms with van der Waals surface area (Å²) in [6, 6.07) is 0. The molecule has 2 fully saturated rings. The largest absolute Gasteiger partial charge is 0.299 e. The van der Waals surface area contributed by atoms with Gasteiger partial charge in [0.1, 0.15) is 5.78 Å². The lowest BCUT2D eigenvalue weighted by molar-refractivity contribution is -0.130. The average molecular weight is 324 g/mol. The van der Waals surface area contributed by atoms with Gasteiger partial charge in [0.05, 0.1) is 0 Å². The smallest absolute Gasteiger partial charge is 0.178 e. The molecule has 4 aliphatic carbocycles. The van der Waals surface area contributed by atoms with Crippen molar-refractivity contribution in [2.45, 2.75) is 59.3 Å². The number of ketones is 2. The molecule has 2 saturated carbocycles. The van der Waals surface area contributed by atoms with Crippen LogP contribution in [0.25, 0.3) is 0 Å². The molecule has 0 aliphatic heterocycles. The second-order valence-electron chi connectivity index (χ2n) is 8.73. The van der Waals surface area contributed by atoms with Crippen molar-refractivity contribution < 1.29 is 9.59 Å². The van der Waals surface area contributed by atoms with E-state index in [-0.39, 0.29) is 16.6 Å². The number of allylic oxidation sites excluding steroid dienone is 6. The van der Waals surface area contributed by atoms with Crippen LogP contribution >= 0.6 is 0 Å². The van der Waals surface area contributed by atoms with E-state index in [1.54, 1.807) is 6.08 Å². The molecule has 0 unspecified atom stereocenters. The highest BCUT2D eigenvalue weighted by molar-refractivity contribution is 6.02. The molecule has 0 bridgehead atoms. The Hall–Kier alpha value is -1.44. The van der Waals surface area contributed by atoms with E-state index in [9.17, 15) is 9.59 Å². The lowest BCUT2D eigenvalue weighted by atomic mass is 9.49. The van der Waals surface area contributed by atoms with Crippen molar-refractivity contribution in [2.24, 2.45) is 28.6 Å². The van der Waals surface area contributed by atoms with E-state index in [1.807, 2.05) is 6.08 Å². The van der Waals surface area contributed by atoms with Crippen molar-refractivity contribution in [1.29, 1.82) is 0 Å². The Labute approximate surface area is 145 Å². The molecule has 128 valence electrons. The van der Waals surface area contributed by atoms with Gasteiger partial charge in [0.25, 0.3) is 0 Å². The minimum atomic E-state index is -0.110. The van der Waals surface area contributed by atoms with Crippen LogP contribution in [0.2, 0.25) is 0 Å². The van der Waals surface area contributed by atoms with Gasteiger partial charge in [-0.05, 0) is 66.7 Å². The quantitative estimate of drug-likeness (QED) is 0.730. The zero-order valence-electron chi connectivity index (χ0n) is 15.1. The van der Waals surface area contributed by atoms with Crippen LogP contribution in [0.3, 0.4) is 0 Å². The second kappa shape index (κ2) is 5.28. The zero-order valence-corrected chi connectivity index (χ0v) is 15.1. The van der Waals surface area contributed by atoms with Crippen LogP contribution in [-0.2, 0) is 9.59 Å². The highest BCUT2D eigenvalue weighted by atomic mass is 16.1. The highest BCUT2D eigenvalue weighted by Crippen LogP contribution is 2.63. The Kier molecular flexibility index (Phi) is 3.53. The van der Waals surface area contributed by atoms with Crippen molar-refractivity contribution in [2.75, 3.05) is 0 Å². The summed E-state index contributed by atoms with van der Waals surface area (Å²) in [6.07, 6.45) is 14.3. The van der Waals surface area contributed by atoms with Crippen LogP contribution in [0.4, 0.5) is 0 Å². The number of carbonyl (C=O) groups excluding carboxylic acids is 2. The van der Waals surface area contributed by atoms with Crippen LogP contribution in [0.5, 0.6) is 0 Å². The van der Waals surface area contributed by atoms with Crippen LogP contribution in [-0.4, -0.2) is 11.6 Å². The van der Waals surface area contributed by atoms with Crippen molar-refractivity contribution in [3.63, 3.8) is 0 Å².